The monoisotopic (exact) mass is 514 g/mol. The van der Waals surface area contributed by atoms with Gasteiger partial charge in [-0.15, -0.1) is 0 Å². The molecule has 190 valence electrons. The van der Waals surface area contributed by atoms with Crippen LogP contribution in [-0.4, -0.2) is 54.5 Å². The molecule has 1 amide bonds. The van der Waals surface area contributed by atoms with Crippen LogP contribution in [0.25, 0.3) is 0 Å². The van der Waals surface area contributed by atoms with Crippen molar-refractivity contribution in [1.82, 2.24) is 5.32 Å². The van der Waals surface area contributed by atoms with Gasteiger partial charge in [0.25, 0.3) is 5.91 Å². The average Bonchev–Trinajstić information content (AvgIpc) is 3.33. The first-order valence-corrected chi connectivity index (χ1v) is 13.0. The third-order valence-corrected chi connectivity index (χ3v) is 8.66. The second-order valence-electron chi connectivity index (χ2n) is 10.4. The normalized spacial score (nSPS) is 28.5. The van der Waals surface area contributed by atoms with Gasteiger partial charge in [0.1, 0.15) is 18.0 Å². The molecule has 2 aromatic carbocycles. The summed E-state index contributed by atoms with van der Waals surface area (Å²) in [5.41, 5.74) is -0.900. The number of hydrogen-bond acceptors (Lipinski definition) is 6. The Labute approximate surface area is 214 Å². The highest BCUT2D eigenvalue weighted by molar-refractivity contribution is 8.13. The van der Waals surface area contributed by atoms with Crippen LogP contribution >= 0.6 is 11.8 Å². The molecule has 3 aliphatic heterocycles. The number of carbonyl (C=O) groups excluding carboxylic acids is 1. The van der Waals surface area contributed by atoms with Crippen LogP contribution in [0.1, 0.15) is 43.6 Å². The summed E-state index contributed by atoms with van der Waals surface area (Å²) in [6.07, 6.45) is -0.715. The topological polar surface area (TPSA) is 69.2 Å². The van der Waals surface area contributed by atoms with Gasteiger partial charge in [0.15, 0.2) is 5.17 Å². The fraction of sp³-hybridized carbons (Fsp3) is 0.462. The smallest absolute Gasteiger partial charge is 0.399 e. The molecule has 0 unspecified atom stereocenters. The zero-order valence-electron chi connectivity index (χ0n) is 20.7. The molecule has 10 heteroatoms. The molecule has 2 saturated heterocycles. The number of halogens is 2. The second kappa shape index (κ2) is 9.24. The van der Waals surface area contributed by atoms with Gasteiger partial charge in [0.2, 0.25) is 0 Å². The maximum atomic E-state index is 15.5. The summed E-state index contributed by atoms with van der Waals surface area (Å²) in [6.45, 7) is 7.11. The number of thioether (sulfide) groups is 1. The van der Waals surface area contributed by atoms with Crippen LogP contribution in [0.3, 0.4) is 0 Å². The first kappa shape index (κ1) is 25.4. The Bertz CT molecular complexity index is 1180. The first-order valence-electron chi connectivity index (χ1n) is 12.0. The third kappa shape index (κ3) is 4.28. The van der Waals surface area contributed by atoms with Gasteiger partial charge in [-0.3, -0.25) is 4.79 Å². The van der Waals surface area contributed by atoms with Crippen molar-refractivity contribution in [3.63, 3.8) is 0 Å². The Kier molecular flexibility index (Phi) is 6.52. The van der Waals surface area contributed by atoms with Crippen LogP contribution in [0.15, 0.2) is 53.5 Å². The minimum absolute atomic E-state index is 0.00125. The molecule has 2 fully saturated rings. The van der Waals surface area contributed by atoms with E-state index in [1.807, 2.05) is 33.8 Å². The number of hydrogen-bond donors (Lipinski definition) is 1. The Hall–Kier alpha value is -2.27. The Morgan fingerprint density at radius 2 is 1.83 bits per heavy atom. The number of aliphatic imine (C=N–C) groups is 1. The number of benzene rings is 2. The van der Waals surface area contributed by atoms with E-state index in [1.54, 1.807) is 36.4 Å². The van der Waals surface area contributed by atoms with Crippen molar-refractivity contribution in [1.29, 1.82) is 0 Å². The van der Waals surface area contributed by atoms with Gasteiger partial charge in [0, 0.05) is 22.8 Å². The van der Waals surface area contributed by atoms with Crippen LogP contribution in [0.2, 0.25) is 0 Å². The number of fused-ring (bicyclic) bond motifs is 1. The molecule has 2 aromatic rings. The number of ether oxygens (including phenoxy) is 1. The predicted octanol–water partition coefficient (Wildman–Crippen LogP) is 3.84. The van der Waals surface area contributed by atoms with Crippen LogP contribution in [0.5, 0.6) is 0 Å². The fourth-order valence-electron chi connectivity index (χ4n) is 4.82. The summed E-state index contributed by atoms with van der Waals surface area (Å²) >= 11 is 1.31. The van der Waals surface area contributed by atoms with E-state index in [1.165, 1.54) is 17.8 Å². The van der Waals surface area contributed by atoms with E-state index in [2.05, 4.69) is 5.32 Å². The van der Waals surface area contributed by atoms with Gasteiger partial charge in [-0.2, -0.15) is 0 Å². The molecule has 0 aliphatic carbocycles. The van der Waals surface area contributed by atoms with Crippen molar-refractivity contribution in [2.75, 3.05) is 19.0 Å². The summed E-state index contributed by atoms with van der Waals surface area (Å²) in [5, 5.41) is 3.19. The highest BCUT2D eigenvalue weighted by Gasteiger charge is 2.56. The van der Waals surface area contributed by atoms with Crippen molar-refractivity contribution in [2.45, 2.75) is 50.5 Å². The van der Waals surface area contributed by atoms with E-state index in [0.717, 1.165) is 0 Å². The van der Waals surface area contributed by atoms with Gasteiger partial charge < -0.3 is 19.4 Å². The number of rotatable bonds is 4. The number of nitrogens with one attached hydrogen (secondary N) is 1. The highest BCUT2D eigenvalue weighted by Crippen LogP contribution is 2.48. The van der Waals surface area contributed by atoms with Gasteiger partial charge in [0.05, 0.1) is 23.9 Å². The zero-order chi connectivity index (χ0) is 25.7. The predicted molar refractivity (Wildman–Crippen MR) is 137 cm³/mol. The second-order valence-corrected chi connectivity index (χ2v) is 11.4. The Balaban J connectivity index is 1.53. The molecule has 0 aromatic heterocycles. The van der Waals surface area contributed by atoms with Crippen LogP contribution < -0.4 is 10.8 Å². The third-order valence-electron chi connectivity index (χ3n) is 7.67. The fourth-order valence-corrected chi connectivity index (χ4v) is 6.04. The Morgan fingerprint density at radius 1 is 1.14 bits per heavy atom. The summed E-state index contributed by atoms with van der Waals surface area (Å²) in [4.78, 5) is 17.6. The lowest BCUT2D eigenvalue weighted by atomic mass is 9.73. The van der Waals surface area contributed by atoms with Crippen LogP contribution in [-0.2, 0) is 19.6 Å². The highest BCUT2D eigenvalue weighted by atomic mass is 32.2. The van der Waals surface area contributed by atoms with E-state index in [-0.39, 0.29) is 18.1 Å². The molecule has 1 N–H and O–H groups in total. The van der Waals surface area contributed by atoms with E-state index in [9.17, 15) is 9.18 Å². The SMILES string of the molecule is CC1(C)OB(c2ccc(F)c([C@@]34CO[C@@H](CF)[C@@H]3CSC(NC(=O)c3ccccc3)=N4)c2)OC1(C)C. The molecule has 3 heterocycles. The average molecular weight is 514 g/mol. The Morgan fingerprint density at radius 3 is 2.50 bits per heavy atom. The minimum Gasteiger partial charge on any atom is -0.399 e. The maximum absolute atomic E-state index is 15.5. The molecule has 0 radical (unpaired) electrons. The maximum Gasteiger partial charge on any atom is 0.494 e. The number of amidine groups is 1. The van der Waals surface area contributed by atoms with Crippen molar-refractivity contribution in [3.05, 3.63) is 65.5 Å². The lowest BCUT2D eigenvalue weighted by Crippen LogP contribution is -2.45. The van der Waals surface area contributed by atoms with Gasteiger partial charge in [-0.05, 0) is 51.4 Å². The number of nitrogens with zero attached hydrogens (tertiary/aromatic N) is 1. The van der Waals surface area contributed by atoms with Gasteiger partial charge in [-0.25, -0.2) is 13.8 Å². The molecular formula is C26H29BF2N2O4S. The summed E-state index contributed by atoms with van der Waals surface area (Å²) in [7, 11) is -0.692. The zero-order valence-corrected chi connectivity index (χ0v) is 21.5. The van der Waals surface area contributed by atoms with E-state index < -0.39 is 48.4 Å². The molecule has 0 bridgehead atoms. The van der Waals surface area contributed by atoms with Gasteiger partial charge >= 0.3 is 7.12 Å². The van der Waals surface area contributed by atoms with Crippen molar-refractivity contribution < 1.29 is 27.6 Å². The first-order chi connectivity index (χ1) is 17.1. The van der Waals surface area contributed by atoms with E-state index in [0.29, 0.717) is 21.9 Å². The summed E-state index contributed by atoms with van der Waals surface area (Å²) < 4.78 is 47.5. The van der Waals surface area contributed by atoms with Crippen LogP contribution in [0.4, 0.5) is 8.78 Å². The molecule has 36 heavy (non-hydrogen) atoms. The summed E-state index contributed by atoms with van der Waals surface area (Å²) in [5.74, 6) is -0.786. The van der Waals surface area contributed by atoms with Crippen molar-refractivity contribution in [2.24, 2.45) is 10.9 Å². The number of carbonyl (C=O) groups is 1. The molecule has 0 spiro atoms. The lowest BCUT2D eigenvalue weighted by molar-refractivity contribution is 0.00578. The molecule has 0 saturated carbocycles. The molecule has 5 rings (SSSR count). The quantitative estimate of drug-likeness (QED) is 0.629. The molecule has 3 atom stereocenters. The molecular weight excluding hydrogens is 485 g/mol. The summed E-state index contributed by atoms with van der Waals surface area (Å²) in [6, 6.07) is 13.5. The standard InChI is InChI=1S/C26H29BF2N2O4S/c1-24(2)25(3,4)35-27(34-24)17-10-11-20(29)18(12-17)26-15-33-21(13-28)19(26)14-36-23(31-26)30-22(32)16-8-6-5-7-9-16/h5-12,19,21H,13-15H2,1-4H3,(H,30,31,32)/t19-,21-,26-/m0/s1. The van der Waals surface area contributed by atoms with E-state index >= 15 is 4.39 Å². The molecule has 6 nitrogen and oxygen atoms in total. The number of amides is 1. The van der Waals surface area contributed by atoms with Crippen LogP contribution in [0, 0.1) is 11.7 Å². The van der Waals surface area contributed by atoms with Gasteiger partial charge in [-0.1, -0.05) is 42.1 Å². The minimum atomic E-state index is -1.19. The largest absolute Gasteiger partial charge is 0.494 e. The number of alkyl halides is 1. The van der Waals surface area contributed by atoms with E-state index in [4.69, 9.17) is 19.0 Å². The molecule has 3 aliphatic rings. The lowest BCUT2D eigenvalue weighted by Gasteiger charge is -2.36. The van der Waals surface area contributed by atoms with Crippen molar-refractivity contribution >= 4 is 35.4 Å². The van der Waals surface area contributed by atoms with Crippen molar-refractivity contribution in [3.8, 4) is 0 Å².